The number of ether oxygens (including phenoxy) is 2. The van der Waals surface area contributed by atoms with E-state index in [9.17, 15) is 4.79 Å². The van der Waals surface area contributed by atoms with Crippen LogP contribution < -0.4 is 5.56 Å². The maximum Gasteiger partial charge on any atom is 0.278 e. The quantitative estimate of drug-likeness (QED) is 0.647. The van der Waals surface area contributed by atoms with Crippen molar-refractivity contribution in [3.8, 4) is 0 Å². The van der Waals surface area contributed by atoms with E-state index in [4.69, 9.17) is 14.6 Å². The van der Waals surface area contributed by atoms with Crippen LogP contribution in [-0.2, 0) is 9.47 Å². The Labute approximate surface area is 100 Å². The van der Waals surface area contributed by atoms with Crippen LogP contribution in [0, 0.1) is 0 Å². The Morgan fingerprint density at radius 3 is 3.06 bits per heavy atom. The van der Waals surface area contributed by atoms with Gasteiger partial charge in [-0.3, -0.25) is 9.36 Å². The lowest BCUT2D eigenvalue weighted by Crippen LogP contribution is -2.22. The van der Waals surface area contributed by atoms with Gasteiger partial charge in [-0.2, -0.15) is 0 Å². The second-order valence-corrected chi connectivity index (χ2v) is 4.37. The summed E-state index contributed by atoms with van der Waals surface area (Å²) >= 11 is 0. The molecule has 4 heterocycles. The fourth-order valence-corrected chi connectivity index (χ4v) is 2.42. The average Bonchev–Trinajstić information content (AvgIpc) is 2.91. The van der Waals surface area contributed by atoms with Gasteiger partial charge in [0.1, 0.15) is 18.3 Å². The summed E-state index contributed by atoms with van der Waals surface area (Å²) in [6, 6.07) is 0. The smallest absolute Gasteiger partial charge is 0.278 e. The Bertz CT molecular complexity index is 665. The van der Waals surface area contributed by atoms with E-state index in [1.165, 1.54) is 12.7 Å². The molecule has 4 unspecified atom stereocenters. The van der Waals surface area contributed by atoms with Crippen LogP contribution in [0.5, 0.6) is 0 Å². The van der Waals surface area contributed by atoms with Crippen molar-refractivity contribution in [3.63, 3.8) is 0 Å². The minimum atomic E-state index is -0.383. The molecular formula is C10H10N4O4. The summed E-state index contributed by atoms with van der Waals surface area (Å²) in [6.07, 6.45) is 1.97. The first-order valence-electron chi connectivity index (χ1n) is 5.61. The highest BCUT2D eigenvalue weighted by Gasteiger charge is 2.58. The van der Waals surface area contributed by atoms with Crippen LogP contribution in [0.2, 0.25) is 0 Å². The topological polar surface area (TPSA) is 106 Å². The predicted octanol–water partition coefficient (Wildman–Crippen LogP) is -1.22. The highest BCUT2D eigenvalue weighted by Crippen LogP contribution is 2.45. The third kappa shape index (κ3) is 1.22. The number of H-pyrrole nitrogens is 1. The fourth-order valence-electron chi connectivity index (χ4n) is 2.42. The van der Waals surface area contributed by atoms with Crippen molar-refractivity contribution in [2.24, 2.45) is 0 Å². The normalized spacial score (nSPS) is 33.8. The summed E-state index contributed by atoms with van der Waals surface area (Å²) in [4.78, 5) is 22.1. The van der Waals surface area contributed by atoms with Crippen LogP contribution >= 0.6 is 0 Å². The van der Waals surface area contributed by atoms with E-state index in [2.05, 4.69) is 15.0 Å². The van der Waals surface area contributed by atoms with Gasteiger partial charge < -0.3 is 19.6 Å². The van der Waals surface area contributed by atoms with E-state index >= 15 is 0 Å². The molecule has 4 atom stereocenters. The summed E-state index contributed by atoms with van der Waals surface area (Å²) in [7, 11) is 0. The molecule has 2 N–H and O–H groups in total. The minimum absolute atomic E-state index is 0.0700. The molecule has 0 bridgehead atoms. The van der Waals surface area contributed by atoms with Crippen molar-refractivity contribution < 1.29 is 14.6 Å². The molecule has 2 fully saturated rings. The number of rotatable bonds is 2. The molecule has 4 rings (SSSR count). The van der Waals surface area contributed by atoms with Crippen LogP contribution in [0.1, 0.15) is 6.23 Å². The highest BCUT2D eigenvalue weighted by molar-refractivity contribution is 5.68. The van der Waals surface area contributed by atoms with Crippen molar-refractivity contribution in [3.05, 3.63) is 23.0 Å². The van der Waals surface area contributed by atoms with Crippen molar-refractivity contribution in [2.75, 3.05) is 6.61 Å². The molecule has 2 aliphatic heterocycles. The third-order valence-corrected chi connectivity index (χ3v) is 3.34. The largest absolute Gasteiger partial charge is 0.394 e. The van der Waals surface area contributed by atoms with Gasteiger partial charge in [-0.25, -0.2) is 9.97 Å². The van der Waals surface area contributed by atoms with Crippen LogP contribution in [0.25, 0.3) is 11.2 Å². The van der Waals surface area contributed by atoms with Crippen molar-refractivity contribution in [1.29, 1.82) is 0 Å². The maximum absolute atomic E-state index is 11.5. The lowest BCUT2D eigenvalue weighted by molar-refractivity contribution is -0.0823. The number of fused-ring (bicyclic) bond motifs is 2. The molecule has 8 heteroatoms. The standard InChI is InChI=1S/C10H10N4O4/c15-1-4-6-7(18-6)10(17-4)14-3-13-5-8(14)11-2-12-9(5)16/h2-4,6-7,10,15H,1H2,(H,11,12,16). The van der Waals surface area contributed by atoms with E-state index in [-0.39, 0.29) is 42.2 Å². The summed E-state index contributed by atoms with van der Waals surface area (Å²) in [5, 5.41) is 9.14. The number of aromatic amines is 1. The zero-order valence-electron chi connectivity index (χ0n) is 9.18. The summed E-state index contributed by atoms with van der Waals surface area (Å²) in [6.45, 7) is -0.0850. The molecular weight excluding hydrogens is 240 g/mol. The molecule has 18 heavy (non-hydrogen) atoms. The van der Waals surface area contributed by atoms with E-state index in [1.807, 2.05) is 0 Å². The monoisotopic (exact) mass is 250 g/mol. The molecule has 0 aromatic carbocycles. The molecule has 2 aromatic heterocycles. The zero-order chi connectivity index (χ0) is 12.3. The van der Waals surface area contributed by atoms with E-state index in [1.54, 1.807) is 4.57 Å². The molecule has 0 aliphatic carbocycles. The molecule has 2 saturated heterocycles. The van der Waals surface area contributed by atoms with Crippen LogP contribution in [0.4, 0.5) is 0 Å². The number of nitrogens with zero attached hydrogens (tertiary/aromatic N) is 3. The first-order valence-corrected chi connectivity index (χ1v) is 5.61. The van der Waals surface area contributed by atoms with Crippen LogP contribution in [-0.4, -0.2) is 49.5 Å². The van der Waals surface area contributed by atoms with Crippen LogP contribution in [0.3, 0.4) is 0 Å². The van der Waals surface area contributed by atoms with E-state index < -0.39 is 0 Å². The van der Waals surface area contributed by atoms with Gasteiger partial charge in [0.2, 0.25) is 0 Å². The van der Waals surface area contributed by atoms with Gasteiger partial charge in [-0.1, -0.05) is 0 Å². The number of nitrogens with one attached hydrogen (secondary N) is 1. The SMILES string of the molecule is O=c1[nH]cnc2c1ncn2C1OC(CO)C2OC21. The minimum Gasteiger partial charge on any atom is -0.394 e. The first-order chi connectivity index (χ1) is 8.79. The molecule has 0 spiro atoms. The number of hydrogen-bond donors (Lipinski definition) is 2. The number of hydrogen-bond acceptors (Lipinski definition) is 6. The molecule has 0 amide bonds. The van der Waals surface area contributed by atoms with Gasteiger partial charge in [-0.15, -0.1) is 0 Å². The zero-order valence-corrected chi connectivity index (χ0v) is 9.18. The summed E-state index contributed by atoms with van der Waals surface area (Å²) in [5.74, 6) is 0. The maximum atomic E-state index is 11.5. The number of aliphatic hydroxyl groups is 1. The number of epoxide rings is 1. The Hall–Kier alpha value is -1.77. The number of imidazole rings is 1. The Morgan fingerprint density at radius 1 is 1.39 bits per heavy atom. The first kappa shape index (κ1) is 10.2. The van der Waals surface area contributed by atoms with E-state index in [0.29, 0.717) is 5.65 Å². The lowest BCUT2D eigenvalue weighted by Gasteiger charge is -2.17. The van der Waals surface area contributed by atoms with Gasteiger partial charge in [0, 0.05) is 0 Å². The van der Waals surface area contributed by atoms with Crippen molar-refractivity contribution >= 4 is 11.2 Å². The predicted molar refractivity (Wildman–Crippen MR) is 57.8 cm³/mol. The van der Waals surface area contributed by atoms with Gasteiger partial charge in [0.15, 0.2) is 17.4 Å². The van der Waals surface area contributed by atoms with E-state index in [0.717, 1.165) is 0 Å². The average molecular weight is 250 g/mol. The molecule has 8 nitrogen and oxygen atoms in total. The second kappa shape index (κ2) is 3.37. The highest BCUT2D eigenvalue weighted by atomic mass is 16.7. The molecule has 2 aliphatic rings. The summed E-state index contributed by atoms with van der Waals surface area (Å²) in [5.41, 5.74) is 0.436. The van der Waals surface area contributed by atoms with Gasteiger partial charge in [0.05, 0.1) is 19.3 Å². The Morgan fingerprint density at radius 2 is 2.28 bits per heavy atom. The van der Waals surface area contributed by atoms with Gasteiger partial charge >= 0.3 is 0 Å². The van der Waals surface area contributed by atoms with Gasteiger partial charge in [-0.05, 0) is 0 Å². The van der Waals surface area contributed by atoms with Gasteiger partial charge in [0.25, 0.3) is 5.56 Å². The fraction of sp³-hybridized carbons (Fsp3) is 0.500. The Kier molecular flexibility index (Phi) is 1.91. The molecule has 2 aromatic rings. The van der Waals surface area contributed by atoms with Crippen molar-refractivity contribution in [2.45, 2.75) is 24.5 Å². The number of aromatic nitrogens is 4. The lowest BCUT2D eigenvalue weighted by atomic mass is 10.2. The summed E-state index contributed by atoms with van der Waals surface area (Å²) < 4.78 is 12.8. The molecule has 0 radical (unpaired) electrons. The Balaban J connectivity index is 1.80. The second-order valence-electron chi connectivity index (χ2n) is 4.37. The number of aliphatic hydroxyl groups excluding tert-OH is 1. The molecule has 0 saturated carbocycles. The third-order valence-electron chi connectivity index (χ3n) is 3.34. The molecule has 94 valence electrons. The van der Waals surface area contributed by atoms with Crippen LogP contribution in [0.15, 0.2) is 17.4 Å². The van der Waals surface area contributed by atoms with Crippen molar-refractivity contribution in [1.82, 2.24) is 19.5 Å².